The van der Waals surface area contributed by atoms with Gasteiger partial charge in [0.05, 0.1) is 12.3 Å². The van der Waals surface area contributed by atoms with Crippen LogP contribution in [0.5, 0.6) is 5.75 Å². The van der Waals surface area contributed by atoms with Gasteiger partial charge in [0.15, 0.2) is 5.11 Å². The van der Waals surface area contributed by atoms with Gasteiger partial charge in [0.2, 0.25) is 0 Å². The highest BCUT2D eigenvalue weighted by atomic mass is 32.1. The Balaban J connectivity index is 1.95. The molecule has 0 heterocycles. The van der Waals surface area contributed by atoms with E-state index in [9.17, 15) is 0 Å². The van der Waals surface area contributed by atoms with Crippen molar-refractivity contribution >= 4 is 23.5 Å². The smallest absolute Gasteiger partial charge is 0.184 e. The molecule has 0 unspecified atom stereocenters. The van der Waals surface area contributed by atoms with Crippen LogP contribution in [0.1, 0.15) is 31.2 Å². The number of nitrogens with one attached hydrogen (secondary N) is 1. The molecule has 3 N–H and O–H groups in total. The first-order valence-corrected chi connectivity index (χ1v) is 6.50. The highest BCUT2D eigenvalue weighted by Crippen LogP contribution is 2.24. The van der Waals surface area contributed by atoms with E-state index in [1.807, 2.05) is 24.3 Å². The number of rotatable bonds is 4. The van der Waals surface area contributed by atoms with E-state index in [1.54, 1.807) is 6.21 Å². The van der Waals surface area contributed by atoms with Gasteiger partial charge >= 0.3 is 0 Å². The number of nitrogens with two attached hydrogens (primary N) is 1. The van der Waals surface area contributed by atoms with Crippen LogP contribution in [0.25, 0.3) is 0 Å². The molecular weight excluding hydrogens is 246 g/mol. The lowest BCUT2D eigenvalue weighted by molar-refractivity contribution is 0.210. The number of hydrazone groups is 1. The fourth-order valence-electron chi connectivity index (χ4n) is 2.04. The van der Waals surface area contributed by atoms with Crippen LogP contribution in [0.3, 0.4) is 0 Å². The molecule has 0 bridgehead atoms. The Labute approximate surface area is 112 Å². The van der Waals surface area contributed by atoms with Gasteiger partial charge < -0.3 is 10.5 Å². The Morgan fingerprint density at radius 1 is 1.44 bits per heavy atom. The van der Waals surface area contributed by atoms with Crippen molar-refractivity contribution in [2.75, 3.05) is 0 Å². The van der Waals surface area contributed by atoms with E-state index in [0.717, 1.165) is 24.2 Å². The van der Waals surface area contributed by atoms with E-state index >= 15 is 0 Å². The fourth-order valence-corrected chi connectivity index (χ4v) is 2.09. The van der Waals surface area contributed by atoms with Gasteiger partial charge in [-0.25, -0.2) is 0 Å². The summed E-state index contributed by atoms with van der Waals surface area (Å²) in [5.41, 5.74) is 8.75. The molecule has 4 nitrogen and oxygen atoms in total. The molecule has 96 valence electrons. The molecule has 5 heteroatoms. The van der Waals surface area contributed by atoms with Gasteiger partial charge in [0.1, 0.15) is 5.75 Å². The minimum Gasteiger partial charge on any atom is -0.490 e. The number of thiocarbonyl (C=S) groups is 1. The van der Waals surface area contributed by atoms with E-state index in [-0.39, 0.29) is 5.11 Å². The van der Waals surface area contributed by atoms with Crippen molar-refractivity contribution in [2.45, 2.75) is 31.8 Å². The van der Waals surface area contributed by atoms with Crippen LogP contribution in [0, 0.1) is 0 Å². The van der Waals surface area contributed by atoms with Gasteiger partial charge in [0, 0.05) is 0 Å². The molecule has 2 rings (SSSR count). The summed E-state index contributed by atoms with van der Waals surface area (Å²) >= 11 is 4.66. The largest absolute Gasteiger partial charge is 0.490 e. The van der Waals surface area contributed by atoms with E-state index in [1.165, 1.54) is 12.8 Å². The Hall–Kier alpha value is -1.62. The summed E-state index contributed by atoms with van der Waals surface area (Å²) in [7, 11) is 0. The van der Waals surface area contributed by atoms with Gasteiger partial charge in [-0.2, -0.15) is 5.10 Å². The van der Waals surface area contributed by atoms with Crippen molar-refractivity contribution in [3.8, 4) is 5.75 Å². The molecule has 0 saturated heterocycles. The van der Waals surface area contributed by atoms with E-state index in [4.69, 9.17) is 10.5 Å². The van der Waals surface area contributed by atoms with Gasteiger partial charge in [0.25, 0.3) is 0 Å². The standard InChI is InChI=1S/C13H17N3OS/c14-13(18)16-15-9-10-4-3-7-12(8-10)17-11-5-1-2-6-11/h3-4,7-9,11H,1-2,5-6H2,(H3,14,16,18). The van der Waals surface area contributed by atoms with Gasteiger partial charge in [-0.3, -0.25) is 5.43 Å². The number of nitrogens with zero attached hydrogens (tertiary/aromatic N) is 1. The molecule has 1 aromatic carbocycles. The van der Waals surface area contributed by atoms with E-state index in [2.05, 4.69) is 22.7 Å². The number of hydrogen-bond donors (Lipinski definition) is 2. The minimum atomic E-state index is 0.157. The van der Waals surface area contributed by atoms with Crippen molar-refractivity contribution in [2.24, 2.45) is 10.8 Å². The average Bonchev–Trinajstić information content (AvgIpc) is 2.82. The monoisotopic (exact) mass is 263 g/mol. The molecule has 0 atom stereocenters. The lowest BCUT2D eigenvalue weighted by Crippen LogP contribution is -2.23. The van der Waals surface area contributed by atoms with Crippen molar-refractivity contribution in [3.63, 3.8) is 0 Å². The lowest BCUT2D eigenvalue weighted by atomic mass is 10.2. The molecule has 1 aliphatic carbocycles. The average molecular weight is 263 g/mol. The van der Waals surface area contributed by atoms with Crippen LogP contribution >= 0.6 is 12.2 Å². The molecule has 18 heavy (non-hydrogen) atoms. The van der Waals surface area contributed by atoms with Gasteiger partial charge in [-0.15, -0.1) is 0 Å². The third-order valence-electron chi connectivity index (χ3n) is 2.85. The SMILES string of the molecule is NC(=S)NN=Cc1cccc(OC2CCCC2)c1. The predicted molar refractivity (Wildman–Crippen MR) is 76.8 cm³/mol. The highest BCUT2D eigenvalue weighted by molar-refractivity contribution is 7.80. The second-order valence-corrected chi connectivity index (χ2v) is 4.77. The third-order valence-corrected chi connectivity index (χ3v) is 2.94. The topological polar surface area (TPSA) is 59.6 Å². The number of ether oxygens (including phenoxy) is 1. The van der Waals surface area contributed by atoms with Crippen molar-refractivity contribution in [3.05, 3.63) is 29.8 Å². The highest BCUT2D eigenvalue weighted by Gasteiger charge is 2.16. The zero-order valence-corrected chi connectivity index (χ0v) is 11.0. The molecule has 1 fully saturated rings. The first-order chi connectivity index (χ1) is 8.74. The van der Waals surface area contributed by atoms with Crippen LogP contribution in [0.4, 0.5) is 0 Å². The Morgan fingerprint density at radius 2 is 2.22 bits per heavy atom. The first kappa shape index (κ1) is 12.8. The third kappa shape index (κ3) is 4.00. The summed E-state index contributed by atoms with van der Waals surface area (Å²) in [6.45, 7) is 0. The maximum absolute atomic E-state index is 5.91. The summed E-state index contributed by atoms with van der Waals surface area (Å²) in [5.74, 6) is 0.890. The van der Waals surface area contributed by atoms with E-state index in [0.29, 0.717) is 6.10 Å². The summed E-state index contributed by atoms with van der Waals surface area (Å²) in [6.07, 6.45) is 6.88. The van der Waals surface area contributed by atoms with Crippen LogP contribution in [0.2, 0.25) is 0 Å². The molecule has 0 aromatic heterocycles. The molecule has 0 amide bonds. The van der Waals surface area contributed by atoms with Crippen molar-refractivity contribution in [1.82, 2.24) is 5.43 Å². The van der Waals surface area contributed by atoms with Crippen LogP contribution < -0.4 is 15.9 Å². The fraction of sp³-hybridized carbons (Fsp3) is 0.385. The molecule has 0 radical (unpaired) electrons. The Kier molecular flexibility index (Phi) is 4.52. The van der Waals surface area contributed by atoms with Crippen molar-refractivity contribution in [1.29, 1.82) is 0 Å². The van der Waals surface area contributed by atoms with Crippen LogP contribution in [0.15, 0.2) is 29.4 Å². The van der Waals surface area contributed by atoms with Gasteiger partial charge in [-0.1, -0.05) is 12.1 Å². The summed E-state index contributed by atoms with van der Waals surface area (Å²) in [6, 6.07) is 7.83. The Bertz CT molecular complexity index is 442. The normalized spacial score (nSPS) is 16.0. The number of benzene rings is 1. The van der Waals surface area contributed by atoms with Gasteiger partial charge in [-0.05, 0) is 55.6 Å². The Morgan fingerprint density at radius 3 is 2.94 bits per heavy atom. The molecule has 0 aliphatic heterocycles. The number of hydrogen-bond acceptors (Lipinski definition) is 3. The maximum Gasteiger partial charge on any atom is 0.184 e. The van der Waals surface area contributed by atoms with Crippen LogP contribution in [-0.4, -0.2) is 17.4 Å². The zero-order chi connectivity index (χ0) is 12.8. The summed E-state index contributed by atoms with van der Waals surface area (Å²) in [5, 5.41) is 4.07. The van der Waals surface area contributed by atoms with Crippen LogP contribution in [-0.2, 0) is 0 Å². The first-order valence-electron chi connectivity index (χ1n) is 6.09. The minimum absolute atomic E-state index is 0.157. The second kappa shape index (κ2) is 6.35. The van der Waals surface area contributed by atoms with E-state index < -0.39 is 0 Å². The predicted octanol–water partition coefficient (Wildman–Crippen LogP) is 2.18. The molecule has 1 aliphatic rings. The summed E-state index contributed by atoms with van der Waals surface area (Å²) < 4.78 is 5.91. The zero-order valence-electron chi connectivity index (χ0n) is 10.1. The molecule has 1 aromatic rings. The van der Waals surface area contributed by atoms with Crippen molar-refractivity contribution < 1.29 is 4.74 Å². The summed E-state index contributed by atoms with van der Waals surface area (Å²) in [4.78, 5) is 0. The second-order valence-electron chi connectivity index (χ2n) is 4.33. The maximum atomic E-state index is 5.91. The molecule has 1 saturated carbocycles. The molecular formula is C13H17N3OS. The lowest BCUT2D eigenvalue weighted by Gasteiger charge is -2.13. The quantitative estimate of drug-likeness (QED) is 0.496. The molecule has 0 spiro atoms.